The van der Waals surface area contributed by atoms with Crippen molar-refractivity contribution in [3.05, 3.63) is 22.5 Å². The van der Waals surface area contributed by atoms with Gasteiger partial charge < -0.3 is 0 Å². The Kier molecular flexibility index (Phi) is 2.46. The van der Waals surface area contributed by atoms with Crippen molar-refractivity contribution in [2.75, 3.05) is 0 Å². The number of nitrogens with zero attached hydrogens (tertiary/aromatic N) is 2. The van der Waals surface area contributed by atoms with Crippen LogP contribution in [0, 0.1) is 20.8 Å². The molecule has 0 unspecified atom stereocenters. The van der Waals surface area contributed by atoms with Gasteiger partial charge in [0.1, 0.15) is 0 Å². The third-order valence-electron chi connectivity index (χ3n) is 2.26. The fourth-order valence-corrected chi connectivity index (χ4v) is 1.60. The van der Waals surface area contributed by atoms with Crippen molar-refractivity contribution in [1.29, 1.82) is 0 Å². The molecule has 2 nitrogen and oxygen atoms in total. The highest BCUT2D eigenvalue weighted by Crippen LogP contribution is 2.22. The molecule has 0 amide bonds. The van der Waals surface area contributed by atoms with Gasteiger partial charge in [-0.3, -0.25) is 0 Å². The molecule has 0 saturated heterocycles. The summed E-state index contributed by atoms with van der Waals surface area (Å²) in [5, 5.41) is 8.18. The van der Waals surface area contributed by atoms with Crippen molar-refractivity contribution in [1.82, 2.24) is 10.2 Å². The Morgan fingerprint density at radius 1 is 0.917 bits per heavy atom. The first-order valence-corrected chi connectivity index (χ1v) is 4.34. The van der Waals surface area contributed by atoms with E-state index in [2.05, 4.69) is 31.0 Å². The van der Waals surface area contributed by atoms with Crippen molar-refractivity contribution < 1.29 is 0 Å². The van der Waals surface area contributed by atoms with Crippen molar-refractivity contribution in [2.45, 2.75) is 40.5 Å². The van der Waals surface area contributed by atoms with E-state index in [1.54, 1.807) is 0 Å². The molecule has 2 heteroatoms. The van der Waals surface area contributed by atoms with Crippen LogP contribution in [0.1, 0.15) is 42.3 Å². The van der Waals surface area contributed by atoms with Gasteiger partial charge in [-0.25, -0.2) is 0 Å². The quantitative estimate of drug-likeness (QED) is 0.637. The molecule has 1 aromatic rings. The summed E-state index contributed by atoms with van der Waals surface area (Å²) in [6, 6.07) is 0. The molecule has 1 rings (SSSR count). The Morgan fingerprint density at radius 2 is 1.42 bits per heavy atom. The number of aromatic nitrogens is 2. The van der Waals surface area contributed by atoms with Crippen molar-refractivity contribution in [2.24, 2.45) is 0 Å². The van der Waals surface area contributed by atoms with Gasteiger partial charge in [0.2, 0.25) is 0 Å². The first-order valence-electron chi connectivity index (χ1n) is 4.34. The molecule has 0 fully saturated rings. The Bertz CT molecular complexity index is 290. The molecule has 12 heavy (non-hydrogen) atoms. The first-order chi connectivity index (χ1) is 5.54. The van der Waals surface area contributed by atoms with Gasteiger partial charge >= 0.3 is 0 Å². The maximum Gasteiger partial charge on any atom is 0.0637 e. The van der Waals surface area contributed by atoms with Crippen LogP contribution in [-0.2, 0) is 0 Å². The lowest BCUT2D eigenvalue weighted by atomic mass is 9.96. The lowest BCUT2D eigenvalue weighted by Gasteiger charge is -2.12. The van der Waals surface area contributed by atoms with Crippen LogP contribution < -0.4 is 0 Å². The van der Waals surface area contributed by atoms with E-state index in [9.17, 15) is 0 Å². The number of aryl methyl sites for hydroxylation is 2. The first kappa shape index (κ1) is 9.17. The molecule has 0 N–H and O–H groups in total. The zero-order valence-electron chi connectivity index (χ0n) is 8.47. The molecule has 0 radical (unpaired) electrons. The fraction of sp³-hybridized carbons (Fsp3) is 0.600. The van der Waals surface area contributed by atoms with E-state index in [4.69, 9.17) is 0 Å². The van der Waals surface area contributed by atoms with Crippen LogP contribution in [0.4, 0.5) is 0 Å². The van der Waals surface area contributed by atoms with Crippen LogP contribution in [0.3, 0.4) is 0 Å². The zero-order chi connectivity index (χ0) is 9.30. The minimum atomic E-state index is 0.541. The Balaban J connectivity index is 3.33. The predicted octanol–water partition coefficient (Wildman–Crippen LogP) is 2.53. The molecule has 66 valence electrons. The molecule has 0 bridgehead atoms. The Morgan fingerprint density at radius 3 is 1.83 bits per heavy atom. The Hall–Kier alpha value is -0.920. The van der Waals surface area contributed by atoms with Crippen molar-refractivity contribution >= 4 is 0 Å². The minimum absolute atomic E-state index is 0.541. The van der Waals surface area contributed by atoms with E-state index in [-0.39, 0.29) is 0 Å². The van der Waals surface area contributed by atoms with Crippen LogP contribution in [0.25, 0.3) is 0 Å². The SMILES string of the molecule is Cc1nnc(C)c(C(C)C)c1C. The zero-order valence-corrected chi connectivity index (χ0v) is 8.47. The number of hydrogen-bond acceptors (Lipinski definition) is 2. The highest BCUT2D eigenvalue weighted by atomic mass is 15.1. The summed E-state index contributed by atoms with van der Waals surface area (Å²) in [6.45, 7) is 10.5. The fourth-order valence-electron chi connectivity index (χ4n) is 1.60. The number of rotatable bonds is 1. The summed E-state index contributed by atoms with van der Waals surface area (Å²) in [6.07, 6.45) is 0. The predicted molar refractivity (Wildman–Crippen MR) is 50.3 cm³/mol. The van der Waals surface area contributed by atoms with E-state index < -0.39 is 0 Å². The lowest BCUT2D eigenvalue weighted by Crippen LogP contribution is -2.03. The highest BCUT2D eigenvalue weighted by Gasteiger charge is 2.10. The molecular formula is C10H16N2. The van der Waals surface area contributed by atoms with Crippen LogP contribution in [-0.4, -0.2) is 10.2 Å². The summed E-state index contributed by atoms with van der Waals surface area (Å²) in [5.41, 5.74) is 4.75. The van der Waals surface area contributed by atoms with Gasteiger partial charge in [-0.05, 0) is 37.8 Å². The van der Waals surface area contributed by atoms with Crippen LogP contribution in [0.2, 0.25) is 0 Å². The summed E-state index contributed by atoms with van der Waals surface area (Å²) >= 11 is 0. The summed E-state index contributed by atoms with van der Waals surface area (Å²) in [4.78, 5) is 0. The van der Waals surface area contributed by atoms with Gasteiger partial charge in [0.25, 0.3) is 0 Å². The average Bonchev–Trinajstić information content (AvgIpc) is 1.97. The third kappa shape index (κ3) is 1.47. The molecule has 0 aliphatic heterocycles. The van der Waals surface area contributed by atoms with Gasteiger partial charge in [-0.2, -0.15) is 10.2 Å². The molecular weight excluding hydrogens is 148 g/mol. The van der Waals surface area contributed by atoms with Gasteiger partial charge in [-0.1, -0.05) is 13.8 Å². The molecule has 0 spiro atoms. The molecule has 0 aromatic carbocycles. The monoisotopic (exact) mass is 164 g/mol. The second-order valence-corrected chi connectivity index (χ2v) is 3.56. The van der Waals surface area contributed by atoms with Gasteiger partial charge in [0, 0.05) is 0 Å². The third-order valence-corrected chi connectivity index (χ3v) is 2.26. The second kappa shape index (κ2) is 3.21. The van der Waals surface area contributed by atoms with Crippen LogP contribution in [0.15, 0.2) is 0 Å². The molecule has 0 atom stereocenters. The maximum absolute atomic E-state index is 4.11. The molecule has 0 aliphatic carbocycles. The van der Waals surface area contributed by atoms with E-state index in [0.717, 1.165) is 11.4 Å². The largest absolute Gasteiger partial charge is 0.155 e. The van der Waals surface area contributed by atoms with E-state index in [1.165, 1.54) is 11.1 Å². The topological polar surface area (TPSA) is 25.8 Å². The van der Waals surface area contributed by atoms with Gasteiger partial charge in [-0.15, -0.1) is 0 Å². The second-order valence-electron chi connectivity index (χ2n) is 3.56. The molecule has 1 heterocycles. The van der Waals surface area contributed by atoms with Gasteiger partial charge in [0.15, 0.2) is 0 Å². The normalized spacial score (nSPS) is 10.8. The summed E-state index contributed by atoms with van der Waals surface area (Å²) < 4.78 is 0. The maximum atomic E-state index is 4.11. The summed E-state index contributed by atoms with van der Waals surface area (Å²) in [7, 11) is 0. The van der Waals surface area contributed by atoms with Crippen LogP contribution in [0.5, 0.6) is 0 Å². The minimum Gasteiger partial charge on any atom is -0.155 e. The standard InChI is InChI=1S/C10H16N2/c1-6(2)10-7(3)8(4)11-12-9(10)5/h6H,1-5H3. The number of hydrogen-bond donors (Lipinski definition) is 0. The molecule has 0 saturated carbocycles. The molecule has 1 aromatic heterocycles. The average molecular weight is 164 g/mol. The van der Waals surface area contributed by atoms with Crippen molar-refractivity contribution in [3.8, 4) is 0 Å². The van der Waals surface area contributed by atoms with E-state index >= 15 is 0 Å². The van der Waals surface area contributed by atoms with E-state index in [0.29, 0.717) is 5.92 Å². The lowest BCUT2D eigenvalue weighted by molar-refractivity contribution is 0.794. The van der Waals surface area contributed by atoms with Gasteiger partial charge in [0.05, 0.1) is 11.4 Å². The van der Waals surface area contributed by atoms with E-state index in [1.807, 2.05) is 13.8 Å². The highest BCUT2D eigenvalue weighted by molar-refractivity contribution is 5.32. The van der Waals surface area contributed by atoms with Crippen LogP contribution >= 0.6 is 0 Å². The smallest absolute Gasteiger partial charge is 0.0637 e. The Labute approximate surface area is 74.0 Å². The van der Waals surface area contributed by atoms with Crippen molar-refractivity contribution in [3.63, 3.8) is 0 Å². The molecule has 0 aliphatic rings. The summed E-state index contributed by atoms with van der Waals surface area (Å²) in [5.74, 6) is 0.541.